The summed E-state index contributed by atoms with van der Waals surface area (Å²) >= 11 is 0. The molecule has 18 heavy (non-hydrogen) atoms. The third-order valence-corrected chi connectivity index (χ3v) is 3.42. The van der Waals surface area contributed by atoms with Crippen LogP contribution in [-0.2, 0) is 0 Å². The van der Waals surface area contributed by atoms with E-state index in [9.17, 15) is 4.79 Å². The SMILES string of the molecule is CC(C)n1nc(N)cc1C(=O)NC1CCCCC1. The first-order chi connectivity index (χ1) is 8.58. The van der Waals surface area contributed by atoms with E-state index in [1.807, 2.05) is 13.8 Å². The molecule has 0 radical (unpaired) electrons. The van der Waals surface area contributed by atoms with Gasteiger partial charge in [0, 0.05) is 18.2 Å². The summed E-state index contributed by atoms with van der Waals surface area (Å²) in [7, 11) is 0. The molecule has 0 atom stereocenters. The van der Waals surface area contributed by atoms with Gasteiger partial charge in [-0.3, -0.25) is 9.48 Å². The lowest BCUT2D eigenvalue weighted by Crippen LogP contribution is -2.37. The van der Waals surface area contributed by atoms with Crippen LogP contribution in [0.4, 0.5) is 5.82 Å². The summed E-state index contributed by atoms with van der Waals surface area (Å²) < 4.78 is 1.69. The van der Waals surface area contributed by atoms with Gasteiger partial charge in [-0.25, -0.2) is 0 Å². The lowest BCUT2D eigenvalue weighted by molar-refractivity contribution is 0.0915. The van der Waals surface area contributed by atoms with Crippen LogP contribution >= 0.6 is 0 Å². The number of carbonyl (C=O) groups excluding carboxylic acids is 1. The molecular formula is C13H22N4O. The highest BCUT2D eigenvalue weighted by Crippen LogP contribution is 2.19. The maximum atomic E-state index is 12.2. The Balaban J connectivity index is 2.08. The largest absolute Gasteiger partial charge is 0.382 e. The van der Waals surface area contributed by atoms with Crippen molar-refractivity contribution in [3.8, 4) is 0 Å². The smallest absolute Gasteiger partial charge is 0.269 e. The monoisotopic (exact) mass is 250 g/mol. The number of carbonyl (C=O) groups is 1. The van der Waals surface area contributed by atoms with Crippen LogP contribution in [0.25, 0.3) is 0 Å². The summed E-state index contributed by atoms with van der Waals surface area (Å²) in [4.78, 5) is 12.2. The maximum absolute atomic E-state index is 12.2. The van der Waals surface area contributed by atoms with Crippen molar-refractivity contribution in [1.29, 1.82) is 0 Å². The fourth-order valence-electron chi connectivity index (χ4n) is 2.48. The molecule has 0 aliphatic heterocycles. The minimum absolute atomic E-state index is 0.0557. The molecule has 1 aliphatic rings. The van der Waals surface area contributed by atoms with Gasteiger partial charge >= 0.3 is 0 Å². The van der Waals surface area contributed by atoms with E-state index in [1.54, 1.807) is 10.7 Å². The molecule has 3 N–H and O–H groups in total. The van der Waals surface area contributed by atoms with Crippen molar-refractivity contribution in [3.63, 3.8) is 0 Å². The standard InChI is InChI=1S/C13H22N4O/c1-9(2)17-11(8-12(14)16-17)13(18)15-10-6-4-3-5-7-10/h8-10H,3-7H2,1-2H3,(H2,14,16)(H,15,18). The zero-order chi connectivity index (χ0) is 13.1. The van der Waals surface area contributed by atoms with E-state index in [1.165, 1.54) is 19.3 Å². The first-order valence-corrected chi connectivity index (χ1v) is 6.74. The van der Waals surface area contributed by atoms with E-state index >= 15 is 0 Å². The van der Waals surface area contributed by atoms with Gasteiger partial charge in [-0.05, 0) is 26.7 Å². The molecule has 100 valence electrons. The number of aromatic nitrogens is 2. The number of hydrogen-bond donors (Lipinski definition) is 2. The van der Waals surface area contributed by atoms with Crippen molar-refractivity contribution in [2.45, 2.75) is 58.0 Å². The molecule has 1 aliphatic carbocycles. The van der Waals surface area contributed by atoms with E-state index in [4.69, 9.17) is 5.73 Å². The van der Waals surface area contributed by atoms with Gasteiger partial charge in [0.05, 0.1) is 0 Å². The van der Waals surface area contributed by atoms with Gasteiger partial charge < -0.3 is 11.1 Å². The molecular weight excluding hydrogens is 228 g/mol. The third kappa shape index (κ3) is 2.83. The minimum Gasteiger partial charge on any atom is -0.382 e. The molecule has 1 aromatic rings. The molecule has 0 aromatic carbocycles. The lowest BCUT2D eigenvalue weighted by atomic mass is 9.95. The number of rotatable bonds is 3. The predicted molar refractivity (Wildman–Crippen MR) is 71.4 cm³/mol. The maximum Gasteiger partial charge on any atom is 0.269 e. The zero-order valence-corrected chi connectivity index (χ0v) is 11.1. The highest BCUT2D eigenvalue weighted by molar-refractivity contribution is 5.93. The van der Waals surface area contributed by atoms with Crippen molar-refractivity contribution in [2.24, 2.45) is 0 Å². The quantitative estimate of drug-likeness (QED) is 0.863. The van der Waals surface area contributed by atoms with E-state index < -0.39 is 0 Å². The number of nitrogens with one attached hydrogen (secondary N) is 1. The summed E-state index contributed by atoms with van der Waals surface area (Å²) in [5.74, 6) is 0.345. The van der Waals surface area contributed by atoms with Crippen LogP contribution in [0.15, 0.2) is 6.07 Å². The van der Waals surface area contributed by atoms with E-state index in [0.717, 1.165) is 12.8 Å². The van der Waals surface area contributed by atoms with Crippen LogP contribution in [0.3, 0.4) is 0 Å². The van der Waals surface area contributed by atoms with Crippen molar-refractivity contribution in [1.82, 2.24) is 15.1 Å². The molecule has 0 saturated heterocycles. The Morgan fingerprint density at radius 2 is 2.11 bits per heavy atom. The molecule has 5 nitrogen and oxygen atoms in total. The number of amides is 1. The van der Waals surface area contributed by atoms with Crippen LogP contribution in [0.1, 0.15) is 62.5 Å². The van der Waals surface area contributed by atoms with Crippen molar-refractivity contribution < 1.29 is 4.79 Å². The molecule has 5 heteroatoms. The van der Waals surface area contributed by atoms with Crippen LogP contribution in [0.5, 0.6) is 0 Å². The molecule has 2 rings (SSSR count). The van der Waals surface area contributed by atoms with Crippen LogP contribution in [0, 0.1) is 0 Å². The van der Waals surface area contributed by atoms with Gasteiger partial charge in [-0.2, -0.15) is 5.10 Å². The molecule has 1 heterocycles. The second kappa shape index (κ2) is 5.42. The minimum atomic E-state index is -0.0557. The Morgan fingerprint density at radius 1 is 1.44 bits per heavy atom. The van der Waals surface area contributed by atoms with Gasteiger partial charge in [0.25, 0.3) is 5.91 Å². The van der Waals surface area contributed by atoms with Crippen molar-refractivity contribution >= 4 is 11.7 Å². The van der Waals surface area contributed by atoms with E-state index in [-0.39, 0.29) is 11.9 Å². The normalized spacial score (nSPS) is 17.1. The Labute approximate surface area is 108 Å². The number of hydrogen-bond acceptors (Lipinski definition) is 3. The fourth-order valence-corrected chi connectivity index (χ4v) is 2.48. The summed E-state index contributed by atoms with van der Waals surface area (Å²) in [6.45, 7) is 3.98. The summed E-state index contributed by atoms with van der Waals surface area (Å²) in [5.41, 5.74) is 6.24. The average Bonchev–Trinajstić information content (AvgIpc) is 2.73. The number of anilines is 1. The molecule has 0 unspecified atom stereocenters. The number of nitrogen functional groups attached to an aromatic ring is 1. The van der Waals surface area contributed by atoms with Crippen molar-refractivity contribution in [2.75, 3.05) is 5.73 Å². The highest BCUT2D eigenvalue weighted by Gasteiger charge is 2.20. The summed E-state index contributed by atoms with van der Waals surface area (Å²) in [6, 6.07) is 2.09. The van der Waals surface area contributed by atoms with Gasteiger partial charge in [0.2, 0.25) is 0 Å². The topological polar surface area (TPSA) is 72.9 Å². The van der Waals surface area contributed by atoms with Gasteiger partial charge in [-0.1, -0.05) is 19.3 Å². The van der Waals surface area contributed by atoms with Crippen molar-refractivity contribution in [3.05, 3.63) is 11.8 Å². The van der Waals surface area contributed by atoms with Crippen LogP contribution < -0.4 is 11.1 Å². The van der Waals surface area contributed by atoms with E-state index in [0.29, 0.717) is 17.6 Å². The Bertz CT molecular complexity index is 419. The molecule has 0 bridgehead atoms. The second-order valence-electron chi connectivity index (χ2n) is 5.30. The summed E-state index contributed by atoms with van der Waals surface area (Å²) in [6.07, 6.45) is 5.85. The first kappa shape index (κ1) is 12.9. The Kier molecular flexibility index (Phi) is 3.89. The summed E-state index contributed by atoms with van der Waals surface area (Å²) in [5, 5.41) is 7.25. The van der Waals surface area contributed by atoms with Crippen LogP contribution in [0.2, 0.25) is 0 Å². The molecule has 1 aromatic heterocycles. The zero-order valence-electron chi connectivity index (χ0n) is 11.1. The fraction of sp³-hybridized carbons (Fsp3) is 0.692. The highest BCUT2D eigenvalue weighted by atomic mass is 16.2. The Hall–Kier alpha value is -1.52. The lowest BCUT2D eigenvalue weighted by Gasteiger charge is -2.23. The number of nitrogens with zero attached hydrogens (tertiary/aromatic N) is 2. The molecule has 1 saturated carbocycles. The Morgan fingerprint density at radius 3 is 2.72 bits per heavy atom. The molecule has 1 fully saturated rings. The predicted octanol–water partition coefficient (Wildman–Crippen LogP) is 2.11. The number of nitrogens with two attached hydrogens (primary N) is 1. The second-order valence-corrected chi connectivity index (χ2v) is 5.30. The molecule has 1 amide bonds. The molecule has 0 spiro atoms. The van der Waals surface area contributed by atoms with Gasteiger partial charge in [0.1, 0.15) is 11.5 Å². The van der Waals surface area contributed by atoms with Crippen LogP contribution in [-0.4, -0.2) is 21.7 Å². The first-order valence-electron chi connectivity index (χ1n) is 6.74. The van der Waals surface area contributed by atoms with Gasteiger partial charge in [-0.15, -0.1) is 0 Å². The van der Waals surface area contributed by atoms with Gasteiger partial charge in [0.15, 0.2) is 0 Å². The van der Waals surface area contributed by atoms with E-state index in [2.05, 4.69) is 10.4 Å². The third-order valence-electron chi connectivity index (χ3n) is 3.42. The average molecular weight is 250 g/mol.